The first kappa shape index (κ1) is 14.2. The Kier molecular flexibility index (Phi) is 5.93. The second-order valence-electron chi connectivity index (χ2n) is 4.27. The molecule has 0 atom stereocenters. The zero-order valence-corrected chi connectivity index (χ0v) is 11.1. The Morgan fingerprint density at radius 2 is 1.94 bits per heavy atom. The number of carbonyl (C=O) groups excluding carboxylic acids is 1. The molecule has 3 nitrogen and oxygen atoms in total. The second kappa shape index (κ2) is 7.50. The van der Waals surface area contributed by atoms with E-state index in [1.165, 1.54) is 0 Å². The van der Waals surface area contributed by atoms with E-state index < -0.39 is 0 Å². The minimum atomic E-state index is 0.0782. The van der Waals surface area contributed by atoms with Crippen molar-refractivity contribution in [3.05, 3.63) is 35.4 Å². The summed E-state index contributed by atoms with van der Waals surface area (Å²) in [5, 5.41) is 8.60. The zero-order valence-electron chi connectivity index (χ0n) is 11.1. The number of carbonyl (C=O) groups is 1. The minimum Gasteiger partial charge on any atom is -0.339 e. The third-order valence-electron chi connectivity index (χ3n) is 2.93. The van der Waals surface area contributed by atoms with Crippen LogP contribution in [0.5, 0.6) is 0 Å². The van der Waals surface area contributed by atoms with E-state index in [9.17, 15) is 4.79 Å². The van der Waals surface area contributed by atoms with Crippen LogP contribution in [0.2, 0.25) is 0 Å². The van der Waals surface area contributed by atoms with Crippen LogP contribution in [-0.4, -0.2) is 23.9 Å². The summed E-state index contributed by atoms with van der Waals surface area (Å²) in [6.45, 7) is 5.66. The maximum Gasteiger partial charge on any atom is 0.253 e. The molecule has 0 saturated carbocycles. The fourth-order valence-electron chi connectivity index (χ4n) is 1.79. The van der Waals surface area contributed by atoms with Gasteiger partial charge in [-0.2, -0.15) is 5.26 Å². The molecule has 0 unspecified atom stereocenters. The average molecular weight is 244 g/mol. The first-order valence-corrected chi connectivity index (χ1v) is 6.48. The molecule has 0 heterocycles. The van der Waals surface area contributed by atoms with Crippen LogP contribution in [0.1, 0.15) is 42.6 Å². The van der Waals surface area contributed by atoms with E-state index in [0.717, 1.165) is 31.5 Å². The summed E-state index contributed by atoms with van der Waals surface area (Å²) in [5.41, 5.74) is 1.65. The molecule has 0 aliphatic carbocycles. The molecule has 0 aromatic heterocycles. The lowest BCUT2D eigenvalue weighted by atomic mass is 10.1. The topological polar surface area (TPSA) is 44.1 Å². The molecule has 1 amide bonds. The van der Waals surface area contributed by atoms with Gasteiger partial charge in [-0.15, -0.1) is 0 Å². The van der Waals surface area contributed by atoms with Crippen molar-refractivity contribution >= 4 is 5.91 Å². The molecule has 1 rings (SSSR count). The van der Waals surface area contributed by atoms with Gasteiger partial charge in [0.25, 0.3) is 5.91 Å². The largest absolute Gasteiger partial charge is 0.339 e. The van der Waals surface area contributed by atoms with Crippen molar-refractivity contribution in [1.29, 1.82) is 5.26 Å². The highest BCUT2D eigenvalue weighted by atomic mass is 16.2. The molecule has 0 bridgehead atoms. The molecule has 0 radical (unpaired) electrons. The summed E-state index contributed by atoms with van der Waals surface area (Å²) in [6.07, 6.45) is 2.51. The van der Waals surface area contributed by atoms with Crippen LogP contribution in [0, 0.1) is 11.3 Å². The maximum atomic E-state index is 12.2. The molecule has 0 fully saturated rings. The van der Waals surface area contributed by atoms with Gasteiger partial charge in [0.1, 0.15) is 0 Å². The van der Waals surface area contributed by atoms with Gasteiger partial charge in [0.15, 0.2) is 0 Å². The van der Waals surface area contributed by atoms with Gasteiger partial charge in [-0.1, -0.05) is 25.5 Å². The Morgan fingerprint density at radius 3 is 2.44 bits per heavy atom. The van der Waals surface area contributed by atoms with Crippen molar-refractivity contribution in [2.75, 3.05) is 13.1 Å². The van der Waals surface area contributed by atoms with E-state index in [2.05, 4.69) is 13.0 Å². The van der Waals surface area contributed by atoms with Gasteiger partial charge in [-0.05, 0) is 31.0 Å². The predicted molar refractivity (Wildman–Crippen MR) is 72.2 cm³/mol. The highest BCUT2D eigenvalue weighted by Crippen LogP contribution is 2.09. The highest BCUT2D eigenvalue weighted by Gasteiger charge is 2.13. The molecule has 3 heteroatoms. The Bertz CT molecular complexity index is 417. The fourth-order valence-corrected chi connectivity index (χ4v) is 1.79. The SMILES string of the molecule is CCCCN(CC)C(=O)c1ccc(CC#N)cc1. The molecule has 0 aliphatic heterocycles. The standard InChI is InChI=1S/C15H20N2O/c1-3-5-12-17(4-2)15(18)14-8-6-13(7-9-14)10-11-16/h6-9H,3-5,10,12H2,1-2H3. The molecule has 18 heavy (non-hydrogen) atoms. The highest BCUT2D eigenvalue weighted by molar-refractivity contribution is 5.94. The third-order valence-corrected chi connectivity index (χ3v) is 2.93. The maximum absolute atomic E-state index is 12.2. The zero-order chi connectivity index (χ0) is 13.4. The van der Waals surface area contributed by atoms with Crippen molar-refractivity contribution in [1.82, 2.24) is 4.90 Å². The van der Waals surface area contributed by atoms with Crippen LogP contribution >= 0.6 is 0 Å². The first-order valence-electron chi connectivity index (χ1n) is 6.48. The van der Waals surface area contributed by atoms with E-state index >= 15 is 0 Å². The molecule has 1 aromatic rings. The van der Waals surface area contributed by atoms with Crippen LogP contribution in [0.3, 0.4) is 0 Å². The number of unbranched alkanes of at least 4 members (excludes halogenated alkanes) is 1. The molecule has 0 saturated heterocycles. The molecule has 1 aromatic carbocycles. The minimum absolute atomic E-state index is 0.0782. The number of nitrogens with zero attached hydrogens (tertiary/aromatic N) is 2. The monoisotopic (exact) mass is 244 g/mol. The van der Waals surface area contributed by atoms with Gasteiger partial charge >= 0.3 is 0 Å². The molecule has 0 spiro atoms. The van der Waals surface area contributed by atoms with E-state index in [0.29, 0.717) is 12.0 Å². The van der Waals surface area contributed by atoms with Crippen molar-refractivity contribution in [2.45, 2.75) is 33.1 Å². The quantitative estimate of drug-likeness (QED) is 0.772. The van der Waals surface area contributed by atoms with Crippen molar-refractivity contribution in [3.63, 3.8) is 0 Å². The van der Waals surface area contributed by atoms with Crippen LogP contribution in [0.25, 0.3) is 0 Å². The number of nitriles is 1. The lowest BCUT2D eigenvalue weighted by Gasteiger charge is -2.20. The predicted octanol–water partition coefficient (Wildman–Crippen LogP) is 3.01. The number of hydrogen-bond acceptors (Lipinski definition) is 2. The number of benzene rings is 1. The second-order valence-corrected chi connectivity index (χ2v) is 4.27. The third kappa shape index (κ3) is 3.89. The smallest absolute Gasteiger partial charge is 0.253 e. The van der Waals surface area contributed by atoms with Crippen LogP contribution < -0.4 is 0 Å². The molecule has 0 aliphatic rings. The van der Waals surface area contributed by atoms with Gasteiger partial charge in [-0.25, -0.2) is 0 Å². The Balaban J connectivity index is 2.73. The van der Waals surface area contributed by atoms with Crippen molar-refractivity contribution < 1.29 is 4.79 Å². The molecule has 96 valence electrons. The number of amides is 1. The Labute approximate surface area is 109 Å². The van der Waals surface area contributed by atoms with E-state index in [-0.39, 0.29) is 5.91 Å². The van der Waals surface area contributed by atoms with Gasteiger partial charge in [-0.3, -0.25) is 4.79 Å². The van der Waals surface area contributed by atoms with Crippen LogP contribution in [-0.2, 0) is 6.42 Å². The summed E-state index contributed by atoms with van der Waals surface area (Å²) in [5.74, 6) is 0.0782. The van der Waals surface area contributed by atoms with Gasteiger partial charge in [0.2, 0.25) is 0 Å². The molecular weight excluding hydrogens is 224 g/mol. The Hall–Kier alpha value is -1.82. The van der Waals surface area contributed by atoms with E-state index in [1.807, 2.05) is 36.1 Å². The summed E-state index contributed by atoms with van der Waals surface area (Å²) in [6, 6.07) is 9.42. The average Bonchev–Trinajstić information content (AvgIpc) is 2.40. The summed E-state index contributed by atoms with van der Waals surface area (Å²) in [7, 11) is 0. The van der Waals surface area contributed by atoms with Gasteiger partial charge < -0.3 is 4.90 Å². The lowest BCUT2D eigenvalue weighted by Crippen LogP contribution is -2.31. The summed E-state index contributed by atoms with van der Waals surface area (Å²) in [4.78, 5) is 14.1. The normalized spacial score (nSPS) is 9.83. The van der Waals surface area contributed by atoms with Gasteiger partial charge in [0.05, 0.1) is 12.5 Å². The van der Waals surface area contributed by atoms with E-state index in [1.54, 1.807) is 0 Å². The van der Waals surface area contributed by atoms with Crippen LogP contribution in [0.4, 0.5) is 0 Å². The fraction of sp³-hybridized carbons (Fsp3) is 0.467. The summed E-state index contributed by atoms with van der Waals surface area (Å²) < 4.78 is 0. The van der Waals surface area contributed by atoms with Crippen LogP contribution in [0.15, 0.2) is 24.3 Å². The molecule has 0 N–H and O–H groups in total. The Morgan fingerprint density at radius 1 is 1.28 bits per heavy atom. The molecular formula is C15H20N2O. The summed E-state index contributed by atoms with van der Waals surface area (Å²) >= 11 is 0. The van der Waals surface area contributed by atoms with Crippen molar-refractivity contribution in [2.24, 2.45) is 0 Å². The lowest BCUT2D eigenvalue weighted by molar-refractivity contribution is 0.0762. The first-order chi connectivity index (χ1) is 8.72. The number of rotatable bonds is 6. The van der Waals surface area contributed by atoms with Gasteiger partial charge in [0, 0.05) is 18.7 Å². The van der Waals surface area contributed by atoms with E-state index in [4.69, 9.17) is 5.26 Å². The number of hydrogen-bond donors (Lipinski definition) is 0. The van der Waals surface area contributed by atoms with Crippen molar-refractivity contribution in [3.8, 4) is 6.07 Å².